The number of carbonyl (C=O) groups is 4. The third-order valence-corrected chi connectivity index (χ3v) is 4.73. The number of likely N-dealkylation sites (N-methyl/N-ethyl adjacent to an activating group) is 1. The maximum atomic E-state index is 12.1. The number of rotatable bonds is 13. The van der Waals surface area contributed by atoms with Crippen LogP contribution in [0.15, 0.2) is 30.3 Å². The number of benzene rings is 1. The van der Waals surface area contributed by atoms with Gasteiger partial charge in [-0.05, 0) is 25.1 Å². The zero-order valence-electron chi connectivity index (χ0n) is 18.7. The van der Waals surface area contributed by atoms with Crippen molar-refractivity contribution < 1.29 is 44.3 Å². The van der Waals surface area contributed by atoms with Crippen LogP contribution in [0.25, 0.3) is 0 Å². The number of ether oxygens (including phenoxy) is 1. The van der Waals surface area contributed by atoms with Gasteiger partial charge in [0.25, 0.3) is 0 Å². The molecule has 0 aliphatic carbocycles. The van der Waals surface area contributed by atoms with Crippen LogP contribution >= 0.6 is 0 Å². The van der Waals surface area contributed by atoms with Gasteiger partial charge < -0.3 is 30.1 Å². The molecule has 1 aromatic rings. The summed E-state index contributed by atoms with van der Waals surface area (Å²) in [5.74, 6) is -5.27. The Morgan fingerprint density at radius 2 is 1.44 bits per heavy atom. The molecule has 0 radical (unpaired) electrons. The van der Waals surface area contributed by atoms with Crippen LogP contribution < -0.4 is 0 Å². The Morgan fingerprint density at radius 3 is 1.81 bits per heavy atom. The van der Waals surface area contributed by atoms with Crippen LogP contribution in [0.2, 0.25) is 0 Å². The predicted molar refractivity (Wildman–Crippen MR) is 115 cm³/mol. The molecule has 0 saturated carbocycles. The van der Waals surface area contributed by atoms with E-state index in [1.54, 1.807) is 0 Å². The van der Waals surface area contributed by atoms with Gasteiger partial charge in [0, 0.05) is 6.54 Å². The maximum Gasteiger partial charge on any atom is 0.336 e. The standard InChI is InChI=1S/C16H25NO2.C6H8O7/c1-4-15(14-10-8-7-9-11-14)16(18)19-13-12-17(5-2)6-3;7-3(8)1-6(13,5(11)12)2-4(9)10/h7-11,15H,4-6,12-13H2,1-3H3;13H,1-2H2,(H,7,8)(H,9,10)(H,11,12)/t15-;/m0./s1. The Morgan fingerprint density at radius 1 is 0.938 bits per heavy atom. The Bertz CT molecular complexity index is 716. The molecule has 0 amide bonds. The molecule has 0 unspecified atom stereocenters. The topological polar surface area (TPSA) is 162 Å². The van der Waals surface area contributed by atoms with Crippen molar-refractivity contribution in [3.05, 3.63) is 35.9 Å². The van der Waals surface area contributed by atoms with E-state index in [1.807, 2.05) is 37.3 Å². The molecule has 10 nitrogen and oxygen atoms in total. The molecule has 10 heteroatoms. The van der Waals surface area contributed by atoms with Crippen LogP contribution in [0.5, 0.6) is 0 Å². The van der Waals surface area contributed by atoms with Gasteiger partial charge in [0.05, 0.1) is 18.8 Å². The van der Waals surface area contributed by atoms with Crippen LogP contribution in [-0.2, 0) is 23.9 Å². The number of carboxylic acids is 3. The molecule has 0 spiro atoms. The first kappa shape index (κ1) is 29.0. The highest BCUT2D eigenvalue weighted by Crippen LogP contribution is 2.20. The van der Waals surface area contributed by atoms with Gasteiger partial charge in [-0.2, -0.15) is 0 Å². The van der Waals surface area contributed by atoms with Gasteiger partial charge in [-0.3, -0.25) is 14.4 Å². The molecule has 0 saturated heterocycles. The van der Waals surface area contributed by atoms with Crippen LogP contribution in [0, 0.1) is 0 Å². The van der Waals surface area contributed by atoms with Crippen molar-refractivity contribution in [2.45, 2.75) is 51.6 Å². The molecule has 0 bridgehead atoms. The van der Waals surface area contributed by atoms with E-state index < -0.39 is 36.4 Å². The summed E-state index contributed by atoms with van der Waals surface area (Å²) < 4.78 is 5.40. The molecule has 1 rings (SSSR count). The third-order valence-electron chi connectivity index (χ3n) is 4.73. The lowest BCUT2D eigenvalue weighted by molar-refractivity contribution is -0.170. The molecule has 0 aliphatic heterocycles. The smallest absolute Gasteiger partial charge is 0.336 e. The Hall–Kier alpha value is -2.98. The van der Waals surface area contributed by atoms with Gasteiger partial charge in [-0.1, -0.05) is 51.1 Å². The molecule has 0 fully saturated rings. The van der Waals surface area contributed by atoms with Crippen molar-refractivity contribution in [1.29, 1.82) is 0 Å². The number of aliphatic carboxylic acids is 3. The number of esters is 1. The summed E-state index contributed by atoms with van der Waals surface area (Å²) in [7, 11) is 0. The molecule has 4 N–H and O–H groups in total. The average Bonchev–Trinajstić information content (AvgIpc) is 2.72. The van der Waals surface area contributed by atoms with Gasteiger partial charge in [-0.25, -0.2) is 4.79 Å². The van der Waals surface area contributed by atoms with Crippen LogP contribution in [0.4, 0.5) is 0 Å². The van der Waals surface area contributed by atoms with E-state index in [1.165, 1.54) is 0 Å². The highest BCUT2D eigenvalue weighted by atomic mass is 16.5. The average molecular weight is 456 g/mol. The second kappa shape index (κ2) is 14.9. The Labute approximate surface area is 187 Å². The number of hydrogen-bond acceptors (Lipinski definition) is 7. The third kappa shape index (κ3) is 10.9. The minimum Gasteiger partial charge on any atom is -0.481 e. The molecule has 0 aromatic heterocycles. The van der Waals surface area contributed by atoms with Crippen molar-refractivity contribution >= 4 is 23.9 Å². The lowest BCUT2D eigenvalue weighted by Gasteiger charge is -2.19. The van der Waals surface area contributed by atoms with Crippen molar-refractivity contribution in [2.75, 3.05) is 26.2 Å². The van der Waals surface area contributed by atoms with Crippen molar-refractivity contribution in [3.8, 4) is 0 Å². The van der Waals surface area contributed by atoms with Crippen LogP contribution in [-0.4, -0.2) is 81.0 Å². The molecular formula is C22H33NO9. The summed E-state index contributed by atoms with van der Waals surface area (Å²) >= 11 is 0. The Balaban J connectivity index is 0.000000649. The summed E-state index contributed by atoms with van der Waals surface area (Å²) in [5.41, 5.74) is -1.70. The summed E-state index contributed by atoms with van der Waals surface area (Å²) in [5, 5.41) is 33.8. The highest BCUT2D eigenvalue weighted by molar-refractivity contribution is 5.88. The van der Waals surface area contributed by atoms with Crippen molar-refractivity contribution in [1.82, 2.24) is 4.90 Å². The molecule has 0 aliphatic rings. The quantitative estimate of drug-likeness (QED) is 0.323. The monoisotopic (exact) mass is 455 g/mol. The highest BCUT2D eigenvalue weighted by Gasteiger charge is 2.40. The normalized spacial score (nSPS) is 11.8. The van der Waals surface area contributed by atoms with Crippen LogP contribution in [0.1, 0.15) is 51.5 Å². The zero-order valence-corrected chi connectivity index (χ0v) is 18.7. The van der Waals surface area contributed by atoms with E-state index in [4.69, 9.17) is 25.2 Å². The largest absolute Gasteiger partial charge is 0.481 e. The number of aliphatic hydroxyl groups is 1. The van der Waals surface area contributed by atoms with Crippen molar-refractivity contribution in [2.24, 2.45) is 0 Å². The van der Waals surface area contributed by atoms with E-state index >= 15 is 0 Å². The lowest BCUT2D eigenvalue weighted by atomic mass is 9.96. The SMILES string of the molecule is CC[C@H](C(=O)OCCN(CC)CC)c1ccccc1.O=C(O)CC(O)(CC(=O)O)C(=O)O. The number of nitrogens with zero attached hydrogens (tertiary/aromatic N) is 1. The van der Waals surface area contributed by atoms with E-state index in [9.17, 15) is 19.2 Å². The van der Waals surface area contributed by atoms with Gasteiger partial charge >= 0.3 is 23.9 Å². The van der Waals surface area contributed by atoms with E-state index in [0.29, 0.717) is 6.61 Å². The maximum absolute atomic E-state index is 12.1. The molecule has 0 heterocycles. The predicted octanol–water partition coefficient (Wildman–Crippen LogP) is 1.82. The van der Waals surface area contributed by atoms with E-state index in [2.05, 4.69) is 18.7 Å². The second-order valence-corrected chi connectivity index (χ2v) is 7.04. The fourth-order valence-corrected chi connectivity index (χ4v) is 2.85. The number of hydrogen-bond donors (Lipinski definition) is 4. The van der Waals surface area contributed by atoms with Gasteiger partial charge in [0.2, 0.25) is 0 Å². The number of carboxylic acid groups (broad SMARTS) is 3. The summed E-state index contributed by atoms with van der Waals surface area (Å²) in [6.07, 6.45) is -1.52. The fourth-order valence-electron chi connectivity index (χ4n) is 2.85. The number of carbonyl (C=O) groups excluding carboxylic acids is 1. The minimum atomic E-state index is -2.74. The van der Waals surface area contributed by atoms with Gasteiger partial charge in [0.1, 0.15) is 6.61 Å². The van der Waals surface area contributed by atoms with Crippen LogP contribution in [0.3, 0.4) is 0 Å². The first-order valence-corrected chi connectivity index (χ1v) is 10.3. The first-order valence-electron chi connectivity index (χ1n) is 10.3. The second-order valence-electron chi connectivity index (χ2n) is 7.04. The molecular weight excluding hydrogens is 422 g/mol. The van der Waals surface area contributed by atoms with Crippen molar-refractivity contribution in [3.63, 3.8) is 0 Å². The summed E-state index contributed by atoms with van der Waals surface area (Å²) in [4.78, 5) is 44.8. The van der Waals surface area contributed by atoms with Gasteiger partial charge in [0.15, 0.2) is 5.60 Å². The molecule has 1 atom stereocenters. The molecule has 1 aromatic carbocycles. The lowest BCUT2D eigenvalue weighted by Crippen LogP contribution is -2.42. The van der Waals surface area contributed by atoms with Gasteiger partial charge in [-0.15, -0.1) is 0 Å². The Kier molecular flexibility index (Phi) is 13.5. The minimum absolute atomic E-state index is 0.110. The van der Waals surface area contributed by atoms with E-state index in [-0.39, 0.29) is 11.9 Å². The molecule has 180 valence electrons. The fraction of sp³-hybridized carbons (Fsp3) is 0.545. The first-order chi connectivity index (χ1) is 15.0. The molecule has 32 heavy (non-hydrogen) atoms. The summed E-state index contributed by atoms with van der Waals surface area (Å²) in [6, 6.07) is 9.85. The zero-order chi connectivity index (χ0) is 24.7. The van der Waals surface area contributed by atoms with E-state index in [0.717, 1.165) is 31.6 Å². The summed E-state index contributed by atoms with van der Waals surface area (Å²) in [6.45, 7) is 9.51.